The fourth-order valence-corrected chi connectivity index (χ4v) is 7.74. The van der Waals surface area contributed by atoms with E-state index in [0.717, 1.165) is 0 Å². The third kappa shape index (κ3) is 1.86. The van der Waals surface area contributed by atoms with Gasteiger partial charge in [-0.15, -0.1) is 11.8 Å². The Morgan fingerprint density at radius 1 is 0.680 bits per heavy atom. The molecular formula is C24H26S. The van der Waals surface area contributed by atoms with Crippen molar-refractivity contribution in [3.63, 3.8) is 0 Å². The molecule has 25 heavy (non-hydrogen) atoms. The quantitative estimate of drug-likeness (QED) is 0.389. The van der Waals surface area contributed by atoms with E-state index >= 15 is 0 Å². The van der Waals surface area contributed by atoms with Gasteiger partial charge in [0.1, 0.15) is 0 Å². The van der Waals surface area contributed by atoms with Gasteiger partial charge in [-0.25, -0.2) is 0 Å². The molecule has 0 unspecified atom stereocenters. The van der Waals surface area contributed by atoms with Gasteiger partial charge in [0.2, 0.25) is 0 Å². The molecular weight excluding hydrogens is 320 g/mol. The minimum absolute atomic E-state index is 0.290. The van der Waals surface area contributed by atoms with Gasteiger partial charge in [0.05, 0.1) is 4.75 Å². The van der Waals surface area contributed by atoms with Crippen molar-refractivity contribution in [3.8, 4) is 11.1 Å². The van der Waals surface area contributed by atoms with Crippen LogP contribution in [-0.2, 0) is 0 Å². The Labute approximate surface area is 155 Å². The molecule has 128 valence electrons. The standard InChI is InChI=1S/C24H26S/c1-22(2)14-9-15-23(3,4)24(22)21(25-24)20-18-12-7-5-10-16(18)17-11-6-8-13-19(17)20/h5-8,10-13H,9,14-15H2,1-4H3. The molecule has 1 spiro atoms. The van der Waals surface area contributed by atoms with Crippen LogP contribution in [0.4, 0.5) is 0 Å². The van der Waals surface area contributed by atoms with Crippen LogP contribution in [0.3, 0.4) is 0 Å². The molecule has 0 radical (unpaired) electrons. The van der Waals surface area contributed by atoms with Crippen molar-refractivity contribution < 1.29 is 0 Å². The fraction of sp³-hybridized carbons (Fsp3) is 0.417. The first-order chi connectivity index (χ1) is 11.9. The summed E-state index contributed by atoms with van der Waals surface area (Å²) in [5, 5.41) is 0. The average molecular weight is 347 g/mol. The lowest BCUT2D eigenvalue weighted by Crippen LogP contribution is -2.47. The van der Waals surface area contributed by atoms with E-state index in [0.29, 0.717) is 10.8 Å². The summed E-state index contributed by atoms with van der Waals surface area (Å²) in [6, 6.07) is 18.0. The van der Waals surface area contributed by atoms with Crippen LogP contribution in [0.25, 0.3) is 16.7 Å². The zero-order chi connectivity index (χ0) is 17.4. The number of thioether (sulfide) groups is 1. The molecule has 0 nitrogen and oxygen atoms in total. The Hall–Kier alpha value is -1.47. The highest BCUT2D eigenvalue weighted by Crippen LogP contribution is 2.80. The molecule has 2 aromatic rings. The van der Waals surface area contributed by atoms with Crippen LogP contribution >= 0.6 is 11.8 Å². The lowest BCUT2D eigenvalue weighted by Gasteiger charge is -2.49. The van der Waals surface area contributed by atoms with Crippen molar-refractivity contribution in [3.05, 3.63) is 64.6 Å². The van der Waals surface area contributed by atoms with Gasteiger partial charge in [-0.2, -0.15) is 0 Å². The molecule has 1 aliphatic heterocycles. The second-order valence-electron chi connectivity index (χ2n) is 9.20. The molecule has 1 heterocycles. The zero-order valence-electron chi connectivity index (χ0n) is 15.6. The van der Waals surface area contributed by atoms with Crippen LogP contribution in [0.5, 0.6) is 0 Å². The van der Waals surface area contributed by atoms with Crippen LogP contribution in [0.1, 0.15) is 58.1 Å². The lowest BCUT2D eigenvalue weighted by atomic mass is 9.56. The molecule has 1 saturated heterocycles. The van der Waals surface area contributed by atoms with Gasteiger partial charge < -0.3 is 0 Å². The van der Waals surface area contributed by atoms with Gasteiger partial charge >= 0.3 is 0 Å². The number of rotatable bonds is 0. The van der Waals surface area contributed by atoms with Crippen molar-refractivity contribution in [1.29, 1.82) is 0 Å². The van der Waals surface area contributed by atoms with Crippen LogP contribution < -0.4 is 0 Å². The maximum absolute atomic E-state index is 2.50. The Balaban J connectivity index is 1.80. The topological polar surface area (TPSA) is 0 Å². The van der Waals surface area contributed by atoms with Gasteiger partial charge in [0.25, 0.3) is 0 Å². The third-order valence-corrected chi connectivity index (χ3v) is 9.08. The average Bonchev–Trinajstić information content (AvgIpc) is 3.25. The molecule has 2 fully saturated rings. The maximum atomic E-state index is 2.50. The number of benzene rings is 2. The predicted molar refractivity (Wildman–Crippen MR) is 110 cm³/mol. The molecule has 2 aromatic carbocycles. The molecule has 0 bridgehead atoms. The molecule has 0 atom stereocenters. The van der Waals surface area contributed by atoms with Crippen LogP contribution in [0.15, 0.2) is 53.4 Å². The monoisotopic (exact) mass is 346 g/mol. The highest BCUT2D eigenvalue weighted by Gasteiger charge is 2.70. The molecule has 0 N–H and O–H groups in total. The summed E-state index contributed by atoms with van der Waals surface area (Å²) >= 11 is 2.18. The lowest BCUT2D eigenvalue weighted by molar-refractivity contribution is 0.0923. The summed E-state index contributed by atoms with van der Waals surface area (Å²) in [5.74, 6) is 0. The van der Waals surface area contributed by atoms with Crippen LogP contribution in [-0.4, -0.2) is 4.75 Å². The Morgan fingerprint density at radius 3 is 1.60 bits per heavy atom. The Kier molecular flexibility index (Phi) is 3.04. The highest BCUT2D eigenvalue weighted by molar-refractivity contribution is 8.13. The molecule has 0 aromatic heterocycles. The smallest absolute Gasteiger partial charge is 0.0620 e. The fourth-order valence-electron chi connectivity index (χ4n) is 5.75. The van der Waals surface area contributed by atoms with E-state index in [1.54, 1.807) is 4.91 Å². The molecule has 1 saturated carbocycles. The summed E-state index contributed by atoms with van der Waals surface area (Å²) in [6.45, 7) is 10.0. The normalized spacial score (nSPS) is 24.2. The van der Waals surface area contributed by atoms with E-state index in [1.165, 1.54) is 47.1 Å². The van der Waals surface area contributed by atoms with Gasteiger partial charge in [-0.1, -0.05) is 82.6 Å². The summed E-state index contributed by atoms with van der Waals surface area (Å²) in [4.78, 5) is 1.65. The third-order valence-electron chi connectivity index (χ3n) is 6.95. The first-order valence-corrected chi connectivity index (χ1v) is 10.3. The molecule has 5 rings (SSSR count). The highest BCUT2D eigenvalue weighted by atomic mass is 32.2. The van der Waals surface area contributed by atoms with Crippen LogP contribution in [0.2, 0.25) is 0 Å². The van der Waals surface area contributed by atoms with Crippen molar-refractivity contribution in [1.82, 2.24) is 0 Å². The van der Waals surface area contributed by atoms with Crippen molar-refractivity contribution in [2.75, 3.05) is 0 Å². The minimum atomic E-state index is 0.290. The Bertz CT molecular complexity index is 850. The summed E-state index contributed by atoms with van der Waals surface area (Å²) in [5.41, 5.74) is 7.95. The molecule has 1 heteroatoms. The van der Waals surface area contributed by atoms with E-state index < -0.39 is 0 Å². The van der Waals surface area contributed by atoms with E-state index in [-0.39, 0.29) is 4.75 Å². The SMILES string of the molecule is CC1(C)CCCC(C)(C)C12SC2=C1c2ccccc2-c2ccccc21. The Morgan fingerprint density at radius 2 is 1.12 bits per heavy atom. The largest absolute Gasteiger partial charge is 0.115 e. The summed E-state index contributed by atoms with van der Waals surface area (Å²) < 4.78 is 0.290. The number of hydrogen-bond acceptors (Lipinski definition) is 1. The van der Waals surface area contributed by atoms with E-state index in [4.69, 9.17) is 0 Å². The first kappa shape index (κ1) is 15.8. The molecule has 2 aliphatic carbocycles. The summed E-state index contributed by atoms with van der Waals surface area (Å²) in [6.07, 6.45) is 4.03. The van der Waals surface area contributed by atoms with Gasteiger partial charge in [0.15, 0.2) is 0 Å². The van der Waals surface area contributed by atoms with Gasteiger partial charge in [-0.05, 0) is 45.9 Å². The van der Waals surface area contributed by atoms with Crippen molar-refractivity contribution >= 4 is 17.3 Å². The second-order valence-corrected chi connectivity index (χ2v) is 10.4. The molecule has 0 amide bonds. The maximum Gasteiger partial charge on any atom is 0.0620 e. The van der Waals surface area contributed by atoms with Crippen LogP contribution in [0, 0.1) is 10.8 Å². The van der Waals surface area contributed by atoms with Crippen molar-refractivity contribution in [2.24, 2.45) is 10.8 Å². The van der Waals surface area contributed by atoms with Gasteiger partial charge in [-0.3, -0.25) is 0 Å². The second kappa shape index (κ2) is 4.82. The summed E-state index contributed by atoms with van der Waals surface area (Å²) in [7, 11) is 0. The molecule has 3 aliphatic rings. The van der Waals surface area contributed by atoms with E-state index in [2.05, 4.69) is 88.0 Å². The van der Waals surface area contributed by atoms with E-state index in [9.17, 15) is 0 Å². The first-order valence-electron chi connectivity index (χ1n) is 9.52. The van der Waals surface area contributed by atoms with E-state index in [1.807, 2.05) is 0 Å². The van der Waals surface area contributed by atoms with Crippen molar-refractivity contribution in [2.45, 2.75) is 51.7 Å². The number of hydrogen-bond donors (Lipinski definition) is 0. The predicted octanol–water partition coefficient (Wildman–Crippen LogP) is 7.15. The zero-order valence-corrected chi connectivity index (χ0v) is 16.5. The minimum Gasteiger partial charge on any atom is -0.115 e. The number of fused-ring (bicyclic) bond motifs is 3. The van der Waals surface area contributed by atoms with Gasteiger partial charge in [0, 0.05) is 10.5 Å².